The largest absolute Gasteiger partial charge is 0.390 e. The smallest absolute Gasteiger partial charge is 0.0622 e. The SMILES string of the molecule is CC[C@@]1(C)CC[C@@]2(C)C(=CCC3C2CC[C@@]2(C)C3CC[C@@H]2[C@H](C)CCC(C)(C)O)C1.C[C@H](CCC(C)(C)O)[C@H]1CCC2C3CC[C@@H]4C[C@](C)(O)CC[C@@H]4C3CC[C@@]21C.C[C@H](CCC(C)(C)O)[C@H]1CCC2C3CC[C@@H]4C[C@](C)(O)CC[C@@H]4C3CC[C@@]21C. The van der Waals surface area contributed by atoms with Gasteiger partial charge in [-0.2, -0.15) is 0 Å². The Morgan fingerprint density at radius 3 is 1.17 bits per heavy atom. The molecule has 0 spiro atoms. The summed E-state index contributed by atoms with van der Waals surface area (Å²) in [6.07, 6.45) is 45.5. The minimum absolute atomic E-state index is 0.397. The number of hydrogen-bond acceptors (Lipinski definition) is 5. The second kappa shape index (κ2) is 25.0. The third-order valence-corrected chi connectivity index (χ3v) is 31.7. The van der Waals surface area contributed by atoms with Gasteiger partial charge in [-0.05, 0) is 400 Å². The highest BCUT2D eigenvalue weighted by Gasteiger charge is 2.62. The number of fused-ring (bicyclic) bond motifs is 15. The molecular weight excluding hydrogens is 1050 g/mol. The fourth-order valence-electron chi connectivity index (χ4n) is 26.6. The predicted octanol–water partition coefficient (Wildman–Crippen LogP) is 20.6. The maximum absolute atomic E-state index is 10.6. The highest BCUT2D eigenvalue weighted by atomic mass is 16.3. The van der Waals surface area contributed by atoms with E-state index >= 15 is 0 Å². The summed E-state index contributed by atoms with van der Waals surface area (Å²) in [6.45, 7) is 38.9. The fraction of sp³-hybridized carbons (Fsp3) is 0.975. The minimum Gasteiger partial charge on any atom is -0.390 e. The molecule has 5 heteroatoms. The standard InChI is InChI=1S/C29H50O.2C26H46O2/c1-8-27(5)17-18-28(6)21(19-27)9-10-22-24-12-11-23(20(2)13-15-26(3,4)30)29(24,7)16-14-25(22)28;2*1-17(10-13-24(2,3)27)22-8-9-23-21-7-6-18-16-25(4,28)14-11-19(18)20(21)12-15-26(22,23)5/h9,20,22-25,30H,8,10-19H2,1-7H3;2*17-23,27-28H,6-16H2,1-5H3/t20-,22?,23-,24?,25?,27+,28+,29-;2*17-,18-,19+,20?,21?,22-,23?,25-,26-/m111/s1. The Labute approximate surface area is 531 Å². The van der Waals surface area contributed by atoms with E-state index in [1.807, 2.05) is 47.1 Å². The molecule has 0 heterocycles. The van der Waals surface area contributed by atoms with Gasteiger partial charge in [-0.25, -0.2) is 0 Å². The lowest BCUT2D eigenvalue weighted by molar-refractivity contribution is -0.103. The van der Waals surface area contributed by atoms with Crippen LogP contribution in [0.25, 0.3) is 0 Å². The first-order valence-electron chi connectivity index (χ1n) is 38.2. The zero-order chi connectivity index (χ0) is 62.6. The van der Waals surface area contributed by atoms with Crippen molar-refractivity contribution in [2.75, 3.05) is 0 Å². The van der Waals surface area contributed by atoms with Crippen LogP contribution in [0.1, 0.15) is 330 Å². The Bertz CT molecular complexity index is 2190. The molecule has 0 aliphatic heterocycles. The molecule has 0 saturated heterocycles. The molecule has 0 amide bonds. The molecule has 86 heavy (non-hydrogen) atoms. The van der Waals surface area contributed by atoms with Gasteiger partial charge in [0.05, 0.1) is 28.0 Å². The molecule has 12 rings (SSSR count). The molecule has 5 nitrogen and oxygen atoms in total. The van der Waals surface area contributed by atoms with Gasteiger partial charge in [0.15, 0.2) is 0 Å². The number of aliphatic hydroxyl groups is 5. The Kier molecular flexibility index (Phi) is 19.9. The van der Waals surface area contributed by atoms with E-state index in [1.165, 1.54) is 167 Å². The van der Waals surface area contributed by atoms with Crippen molar-refractivity contribution >= 4 is 0 Å². The topological polar surface area (TPSA) is 101 Å². The predicted molar refractivity (Wildman–Crippen MR) is 360 cm³/mol. The lowest BCUT2D eigenvalue weighted by Gasteiger charge is -2.59. The van der Waals surface area contributed by atoms with Gasteiger partial charge in [-0.3, -0.25) is 0 Å². The molecule has 12 aliphatic rings. The molecular formula is C81H142O5. The van der Waals surface area contributed by atoms with Gasteiger partial charge >= 0.3 is 0 Å². The van der Waals surface area contributed by atoms with E-state index in [-0.39, 0.29) is 0 Å². The van der Waals surface area contributed by atoms with Crippen LogP contribution >= 0.6 is 0 Å². The average molecular weight is 1200 g/mol. The van der Waals surface area contributed by atoms with Gasteiger partial charge in [-0.15, -0.1) is 0 Å². The monoisotopic (exact) mass is 1200 g/mol. The van der Waals surface area contributed by atoms with Crippen molar-refractivity contribution in [1.29, 1.82) is 0 Å². The molecule has 0 aromatic carbocycles. The van der Waals surface area contributed by atoms with Crippen LogP contribution in [0.3, 0.4) is 0 Å². The summed E-state index contributed by atoms with van der Waals surface area (Å²) >= 11 is 0. The average Bonchev–Trinajstić information content (AvgIpc) is 1.54. The quantitative estimate of drug-likeness (QED) is 0.118. The van der Waals surface area contributed by atoms with Crippen molar-refractivity contribution in [3.05, 3.63) is 11.6 Å². The molecule has 12 aliphatic carbocycles. The van der Waals surface area contributed by atoms with Crippen molar-refractivity contribution in [3.63, 3.8) is 0 Å². The van der Waals surface area contributed by atoms with E-state index in [2.05, 4.69) is 82.2 Å². The third-order valence-electron chi connectivity index (χ3n) is 31.7. The van der Waals surface area contributed by atoms with Gasteiger partial charge < -0.3 is 25.5 Å². The molecule has 9 unspecified atom stereocenters. The molecule has 0 aromatic heterocycles. The zero-order valence-corrected chi connectivity index (χ0v) is 59.6. The molecule has 0 aromatic rings. The van der Waals surface area contributed by atoms with Crippen LogP contribution in [0.5, 0.6) is 0 Å². The Morgan fingerprint density at radius 2 is 0.791 bits per heavy atom. The van der Waals surface area contributed by atoms with Gasteiger partial charge in [0, 0.05) is 0 Å². The van der Waals surface area contributed by atoms with E-state index in [1.54, 1.807) is 0 Å². The first kappa shape index (κ1) is 68.4. The molecule has 0 radical (unpaired) electrons. The van der Waals surface area contributed by atoms with Crippen LogP contribution in [0.15, 0.2) is 11.6 Å². The van der Waals surface area contributed by atoms with Crippen LogP contribution < -0.4 is 0 Å². The zero-order valence-electron chi connectivity index (χ0n) is 59.6. The van der Waals surface area contributed by atoms with E-state index in [0.29, 0.717) is 27.1 Å². The molecule has 11 saturated carbocycles. The first-order chi connectivity index (χ1) is 39.9. The molecule has 496 valence electrons. The highest BCUT2D eigenvalue weighted by Crippen LogP contribution is 2.71. The van der Waals surface area contributed by atoms with Crippen molar-refractivity contribution in [2.45, 2.75) is 358 Å². The second-order valence-corrected chi connectivity index (χ2v) is 39.1. The highest BCUT2D eigenvalue weighted by molar-refractivity contribution is 5.26. The Balaban J connectivity index is 0.000000143. The number of rotatable bonds is 13. The van der Waals surface area contributed by atoms with Crippen LogP contribution in [0.4, 0.5) is 0 Å². The summed E-state index contributed by atoms with van der Waals surface area (Å²) in [5.74, 6) is 16.6. The lowest BCUT2D eigenvalue weighted by atomic mass is 9.45. The fourth-order valence-corrected chi connectivity index (χ4v) is 26.6. The van der Waals surface area contributed by atoms with E-state index in [9.17, 15) is 25.5 Å². The van der Waals surface area contributed by atoms with Crippen molar-refractivity contribution < 1.29 is 25.5 Å². The van der Waals surface area contributed by atoms with Gasteiger partial charge in [0.2, 0.25) is 0 Å². The third kappa shape index (κ3) is 13.9. The van der Waals surface area contributed by atoms with Gasteiger partial charge in [0.1, 0.15) is 0 Å². The van der Waals surface area contributed by atoms with Crippen LogP contribution in [-0.4, -0.2) is 53.5 Å². The van der Waals surface area contributed by atoms with E-state index in [0.717, 1.165) is 157 Å². The minimum atomic E-state index is -0.522. The van der Waals surface area contributed by atoms with E-state index in [4.69, 9.17) is 0 Å². The molecule has 11 fully saturated rings. The molecule has 5 N–H and O–H groups in total. The van der Waals surface area contributed by atoms with Crippen LogP contribution in [-0.2, 0) is 0 Å². The van der Waals surface area contributed by atoms with Crippen molar-refractivity contribution in [3.8, 4) is 0 Å². The van der Waals surface area contributed by atoms with E-state index < -0.39 is 28.0 Å². The summed E-state index contributed by atoms with van der Waals surface area (Å²) in [6, 6.07) is 0. The number of hydrogen-bond donors (Lipinski definition) is 5. The maximum atomic E-state index is 10.6. The van der Waals surface area contributed by atoms with Crippen molar-refractivity contribution in [2.24, 2.45) is 140 Å². The summed E-state index contributed by atoms with van der Waals surface area (Å²) < 4.78 is 0. The Morgan fingerprint density at radius 1 is 0.419 bits per heavy atom. The molecule has 0 bridgehead atoms. The summed E-state index contributed by atoms with van der Waals surface area (Å²) in [7, 11) is 0. The lowest BCUT2D eigenvalue weighted by Crippen LogP contribution is -2.51. The first-order valence-corrected chi connectivity index (χ1v) is 38.2. The summed E-state index contributed by atoms with van der Waals surface area (Å²) in [5.41, 5.74) is 2.14. The summed E-state index contributed by atoms with van der Waals surface area (Å²) in [5, 5.41) is 51.8. The molecule has 26 atom stereocenters. The Hall–Kier alpha value is -0.460. The van der Waals surface area contributed by atoms with Gasteiger partial charge in [0.25, 0.3) is 0 Å². The summed E-state index contributed by atoms with van der Waals surface area (Å²) in [4.78, 5) is 0. The van der Waals surface area contributed by atoms with Crippen LogP contribution in [0.2, 0.25) is 0 Å². The second-order valence-electron chi connectivity index (χ2n) is 39.1. The normalized spacial score (nSPS) is 48.9. The van der Waals surface area contributed by atoms with Crippen molar-refractivity contribution in [1.82, 2.24) is 0 Å². The maximum Gasteiger partial charge on any atom is 0.0622 e. The number of allylic oxidation sites excluding steroid dienone is 2. The van der Waals surface area contributed by atoms with Crippen LogP contribution in [0, 0.1) is 140 Å². The van der Waals surface area contributed by atoms with Gasteiger partial charge in [-0.1, -0.05) is 80.4 Å².